The molecule has 0 aromatic heterocycles. The standard InChI is InChI=1S/C19H17N3O5/c1-27-19(24)11-14-10-18(23)21(17-5-3-2-4-16(17)20-14)12-13-6-8-15(9-7-13)22(25)26/h2-10,20H,11-12H2,1H3. The molecule has 1 aliphatic heterocycles. The number of nitro benzene ring substituents is 1. The highest BCUT2D eigenvalue weighted by molar-refractivity contribution is 6.06. The van der Waals surface area contributed by atoms with Crippen LogP contribution in [0.5, 0.6) is 0 Å². The van der Waals surface area contributed by atoms with Gasteiger partial charge in [0, 0.05) is 23.9 Å². The van der Waals surface area contributed by atoms with E-state index in [1.807, 2.05) is 18.2 Å². The molecule has 138 valence electrons. The molecule has 27 heavy (non-hydrogen) atoms. The lowest BCUT2D eigenvalue weighted by atomic mass is 10.1. The smallest absolute Gasteiger partial charge is 0.311 e. The second-order valence-electron chi connectivity index (χ2n) is 5.91. The summed E-state index contributed by atoms with van der Waals surface area (Å²) < 4.78 is 4.67. The van der Waals surface area contributed by atoms with Gasteiger partial charge in [0.1, 0.15) is 0 Å². The van der Waals surface area contributed by atoms with Gasteiger partial charge in [-0.05, 0) is 17.7 Å². The Balaban J connectivity index is 1.92. The largest absolute Gasteiger partial charge is 0.469 e. The number of esters is 1. The fourth-order valence-electron chi connectivity index (χ4n) is 2.76. The number of anilines is 2. The van der Waals surface area contributed by atoms with Crippen molar-refractivity contribution < 1.29 is 19.2 Å². The van der Waals surface area contributed by atoms with Crippen molar-refractivity contribution in [2.24, 2.45) is 0 Å². The van der Waals surface area contributed by atoms with E-state index in [0.717, 1.165) is 5.56 Å². The maximum absolute atomic E-state index is 12.8. The van der Waals surface area contributed by atoms with Gasteiger partial charge in [0.25, 0.3) is 11.6 Å². The van der Waals surface area contributed by atoms with Gasteiger partial charge < -0.3 is 15.0 Å². The topological polar surface area (TPSA) is 102 Å². The van der Waals surface area contributed by atoms with Gasteiger partial charge in [-0.1, -0.05) is 24.3 Å². The van der Waals surface area contributed by atoms with Crippen molar-refractivity contribution in [3.63, 3.8) is 0 Å². The Morgan fingerprint density at radius 1 is 1.19 bits per heavy atom. The fraction of sp³-hybridized carbons (Fsp3) is 0.158. The Labute approximate surface area is 155 Å². The van der Waals surface area contributed by atoms with Crippen LogP contribution in [0.3, 0.4) is 0 Å². The molecule has 2 aromatic carbocycles. The van der Waals surface area contributed by atoms with Crippen molar-refractivity contribution >= 4 is 28.9 Å². The van der Waals surface area contributed by atoms with Crippen molar-refractivity contribution in [3.8, 4) is 0 Å². The number of carbonyl (C=O) groups is 2. The van der Waals surface area contributed by atoms with Crippen molar-refractivity contribution in [1.29, 1.82) is 0 Å². The summed E-state index contributed by atoms with van der Waals surface area (Å²) in [6.07, 6.45) is 1.31. The molecule has 0 spiro atoms. The van der Waals surface area contributed by atoms with Crippen LogP contribution < -0.4 is 10.2 Å². The minimum Gasteiger partial charge on any atom is -0.469 e. The highest BCUT2D eigenvalue weighted by atomic mass is 16.6. The Kier molecular flexibility index (Phi) is 5.16. The summed E-state index contributed by atoms with van der Waals surface area (Å²) >= 11 is 0. The fourth-order valence-corrected chi connectivity index (χ4v) is 2.76. The molecule has 0 atom stereocenters. The third kappa shape index (κ3) is 4.12. The molecule has 1 aliphatic rings. The monoisotopic (exact) mass is 367 g/mol. The van der Waals surface area contributed by atoms with Crippen molar-refractivity contribution in [2.75, 3.05) is 17.3 Å². The predicted molar refractivity (Wildman–Crippen MR) is 99.1 cm³/mol. The van der Waals surface area contributed by atoms with E-state index in [0.29, 0.717) is 17.1 Å². The highest BCUT2D eigenvalue weighted by Gasteiger charge is 2.23. The average Bonchev–Trinajstić information content (AvgIpc) is 2.78. The Morgan fingerprint density at radius 2 is 1.89 bits per heavy atom. The first kappa shape index (κ1) is 18.1. The van der Waals surface area contributed by atoms with Crippen LogP contribution in [0.15, 0.2) is 60.3 Å². The van der Waals surface area contributed by atoms with Crippen LogP contribution in [0.2, 0.25) is 0 Å². The van der Waals surface area contributed by atoms with E-state index < -0.39 is 10.9 Å². The first-order valence-corrected chi connectivity index (χ1v) is 8.16. The molecule has 0 saturated carbocycles. The maximum Gasteiger partial charge on any atom is 0.311 e. The number of fused-ring (bicyclic) bond motifs is 1. The maximum atomic E-state index is 12.8. The molecule has 0 fully saturated rings. The molecule has 1 amide bonds. The van der Waals surface area contributed by atoms with Gasteiger partial charge in [-0.2, -0.15) is 0 Å². The van der Waals surface area contributed by atoms with Crippen LogP contribution in [0.1, 0.15) is 12.0 Å². The van der Waals surface area contributed by atoms with Crippen molar-refractivity contribution in [3.05, 3.63) is 76.0 Å². The van der Waals surface area contributed by atoms with Gasteiger partial charge in [0.15, 0.2) is 0 Å². The quantitative estimate of drug-likeness (QED) is 0.495. The highest BCUT2D eigenvalue weighted by Crippen LogP contribution is 2.31. The van der Waals surface area contributed by atoms with Crippen LogP contribution in [-0.4, -0.2) is 23.9 Å². The van der Waals surface area contributed by atoms with Crippen molar-refractivity contribution in [1.82, 2.24) is 0 Å². The minimum absolute atomic E-state index is 0.0109. The van der Waals surface area contributed by atoms with E-state index in [1.165, 1.54) is 25.3 Å². The summed E-state index contributed by atoms with van der Waals surface area (Å²) in [4.78, 5) is 36.3. The van der Waals surface area contributed by atoms with E-state index in [2.05, 4.69) is 10.1 Å². The first-order valence-electron chi connectivity index (χ1n) is 8.16. The SMILES string of the molecule is COC(=O)CC1=CC(=O)N(Cc2ccc([N+](=O)[O-])cc2)c2ccccc2N1. The number of non-ortho nitro benzene ring substituents is 1. The zero-order valence-electron chi connectivity index (χ0n) is 14.5. The zero-order valence-corrected chi connectivity index (χ0v) is 14.5. The van der Waals surface area contributed by atoms with Gasteiger partial charge in [-0.25, -0.2) is 0 Å². The summed E-state index contributed by atoms with van der Waals surface area (Å²) in [6, 6.07) is 13.3. The van der Waals surface area contributed by atoms with Gasteiger partial charge in [-0.15, -0.1) is 0 Å². The van der Waals surface area contributed by atoms with Gasteiger partial charge in [0.05, 0.1) is 36.4 Å². The molecule has 2 aromatic rings. The molecular weight excluding hydrogens is 350 g/mol. The lowest BCUT2D eigenvalue weighted by Crippen LogP contribution is -2.28. The number of ether oxygens (including phenoxy) is 1. The molecule has 0 radical (unpaired) electrons. The predicted octanol–water partition coefficient (Wildman–Crippen LogP) is 3.00. The number of para-hydroxylation sites is 2. The number of hydrogen-bond donors (Lipinski definition) is 1. The molecule has 1 N–H and O–H groups in total. The molecule has 0 unspecified atom stereocenters. The first-order chi connectivity index (χ1) is 13.0. The third-order valence-electron chi connectivity index (χ3n) is 4.10. The minimum atomic E-state index is -0.470. The summed E-state index contributed by atoms with van der Waals surface area (Å²) in [5.41, 5.74) is 2.50. The summed E-state index contributed by atoms with van der Waals surface area (Å²) in [5.74, 6) is -0.757. The van der Waals surface area contributed by atoms with E-state index >= 15 is 0 Å². The zero-order chi connectivity index (χ0) is 19.4. The molecule has 0 bridgehead atoms. The lowest BCUT2D eigenvalue weighted by Gasteiger charge is -2.22. The average molecular weight is 367 g/mol. The number of nitro groups is 1. The van der Waals surface area contributed by atoms with Crippen LogP contribution in [0, 0.1) is 10.1 Å². The van der Waals surface area contributed by atoms with Crippen LogP contribution in [-0.2, 0) is 20.9 Å². The number of rotatable bonds is 5. The number of methoxy groups -OCH3 is 1. The second kappa shape index (κ2) is 7.69. The Hall–Kier alpha value is -3.68. The number of amides is 1. The molecule has 0 aliphatic carbocycles. The summed E-state index contributed by atoms with van der Waals surface area (Å²) in [5, 5.41) is 13.9. The Bertz CT molecular complexity index is 921. The van der Waals surface area contributed by atoms with E-state index in [9.17, 15) is 19.7 Å². The molecule has 1 heterocycles. The molecule has 8 nitrogen and oxygen atoms in total. The molecule has 3 rings (SSSR count). The normalized spacial score (nSPS) is 13.1. The van der Waals surface area contributed by atoms with E-state index in [1.54, 1.807) is 23.1 Å². The number of hydrogen-bond acceptors (Lipinski definition) is 6. The van der Waals surface area contributed by atoms with Crippen LogP contribution >= 0.6 is 0 Å². The van der Waals surface area contributed by atoms with Gasteiger partial charge in [-0.3, -0.25) is 19.7 Å². The summed E-state index contributed by atoms with van der Waals surface area (Å²) in [6.45, 7) is 0.234. The van der Waals surface area contributed by atoms with E-state index in [4.69, 9.17) is 0 Å². The number of nitrogens with one attached hydrogen (secondary N) is 1. The number of carbonyl (C=O) groups excluding carboxylic acids is 2. The number of benzene rings is 2. The molecule has 0 saturated heterocycles. The lowest BCUT2D eigenvalue weighted by molar-refractivity contribution is -0.384. The van der Waals surface area contributed by atoms with E-state index in [-0.39, 0.29) is 24.6 Å². The van der Waals surface area contributed by atoms with Gasteiger partial charge >= 0.3 is 5.97 Å². The van der Waals surface area contributed by atoms with Crippen LogP contribution in [0.25, 0.3) is 0 Å². The summed E-state index contributed by atoms with van der Waals surface area (Å²) in [7, 11) is 1.29. The third-order valence-corrected chi connectivity index (χ3v) is 4.10. The second-order valence-corrected chi connectivity index (χ2v) is 5.91. The Morgan fingerprint density at radius 3 is 2.56 bits per heavy atom. The number of nitrogens with zero attached hydrogens (tertiary/aromatic N) is 2. The van der Waals surface area contributed by atoms with Crippen molar-refractivity contribution in [2.45, 2.75) is 13.0 Å². The molecular formula is C19H17N3O5. The van der Waals surface area contributed by atoms with Crippen LogP contribution in [0.4, 0.5) is 17.1 Å². The molecule has 8 heteroatoms. The van der Waals surface area contributed by atoms with Gasteiger partial charge in [0.2, 0.25) is 0 Å².